The van der Waals surface area contributed by atoms with Crippen LogP contribution in [0.15, 0.2) is 41.2 Å². The van der Waals surface area contributed by atoms with E-state index in [-0.39, 0.29) is 5.56 Å². The Hall–Kier alpha value is -2.02. The van der Waals surface area contributed by atoms with E-state index in [4.69, 9.17) is 12.2 Å². The number of likely N-dealkylation sites (N-methyl/N-ethyl adjacent to an activating group) is 1. The first-order valence-electron chi connectivity index (χ1n) is 9.18. The first kappa shape index (κ1) is 17.4. The van der Waals surface area contributed by atoms with E-state index in [1.54, 1.807) is 4.57 Å². The van der Waals surface area contributed by atoms with Crippen molar-refractivity contribution >= 4 is 33.9 Å². The summed E-state index contributed by atoms with van der Waals surface area (Å²) in [5.74, 6) is 0. The van der Waals surface area contributed by atoms with E-state index < -0.39 is 0 Å². The molecule has 0 atom stereocenters. The van der Waals surface area contributed by atoms with Gasteiger partial charge in [0.2, 0.25) is 0 Å². The average molecular weight is 369 g/mol. The van der Waals surface area contributed by atoms with Gasteiger partial charge in [-0.25, -0.2) is 0 Å². The molecule has 26 heavy (non-hydrogen) atoms. The maximum Gasteiger partial charge on any atom is 0.262 e. The molecule has 1 aliphatic rings. The lowest BCUT2D eigenvalue weighted by molar-refractivity contribution is 0.151. The van der Waals surface area contributed by atoms with Gasteiger partial charge in [0.15, 0.2) is 4.77 Å². The molecule has 1 aliphatic heterocycles. The monoisotopic (exact) mass is 368 g/mol. The van der Waals surface area contributed by atoms with Gasteiger partial charge in [-0.15, -0.1) is 0 Å². The zero-order chi connectivity index (χ0) is 18.1. The molecule has 1 aromatic heterocycles. The molecule has 1 fully saturated rings. The minimum absolute atomic E-state index is 0.00730. The van der Waals surface area contributed by atoms with Crippen LogP contribution in [-0.2, 0) is 6.54 Å². The number of H-pyrrole nitrogens is 1. The smallest absolute Gasteiger partial charge is 0.262 e. The summed E-state index contributed by atoms with van der Waals surface area (Å²) in [6.07, 6.45) is 0.931. The molecule has 2 aromatic carbocycles. The van der Waals surface area contributed by atoms with Gasteiger partial charge in [-0.3, -0.25) is 9.36 Å². The van der Waals surface area contributed by atoms with E-state index in [9.17, 15) is 4.79 Å². The van der Waals surface area contributed by atoms with Crippen molar-refractivity contribution in [1.29, 1.82) is 0 Å². The molecule has 6 heteroatoms. The molecule has 136 valence electrons. The van der Waals surface area contributed by atoms with Crippen LogP contribution < -0.4 is 5.56 Å². The van der Waals surface area contributed by atoms with Gasteiger partial charge in [0.1, 0.15) is 0 Å². The molecule has 0 amide bonds. The Morgan fingerprint density at radius 1 is 1.04 bits per heavy atom. The third-order valence-corrected chi connectivity index (χ3v) is 5.62. The van der Waals surface area contributed by atoms with Crippen LogP contribution >= 0.6 is 12.2 Å². The van der Waals surface area contributed by atoms with Crippen molar-refractivity contribution in [2.24, 2.45) is 0 Å². The number of benzene rings is 2. The number of rotatable bonds is 4. The van der Waals surface area contributed by atoms with Gasteiger partial charge in [0.05, 0.1) is 10.9 Å². The molecule has 0 aliphatic carbocycles. The zero-order valence-electron chi connectivity index (χ0n) is 15.1. The summed E-state index contributed by atoms with van der Waals surface area (Å²) in [5, 5.41) is 2.89. The fraction of sp³-hybridized carbons (Fsp3) is 0.400. The molecule has 0 spiro atoms. The number of nitrogens with zero attached hydrogens (tertiary/aromatic N) is 3. The summed E-state index contributed by atoms with van der Waals surface area (Å²) < 4.78 is 2.22. The topological polar surface area (TPSA) is 44.3 Å². The number of hydrogen-bond acceptors (Lipinski definition) is 4. The lowest BCUT2D eigenvalue weighted by Gasteiger charge is -2.32. The summed E-state index contributed by atoms with van der Waals surface area (Å²) >= 11 is 5.46. The molecule has 5 nitrogen and oxygen atoms in total. The molecular formula is C20H24N4OS. The second-order valence-corrected chi connectivity index (χ2v) is 7.52. The van der Waals surface area contributed by atoms with Crippen LogP contribution in [0.4, 0.5) is 0 Å². The molecule has 0 radical (unpaired) electrons. The summed E-state index contributed by atoms with van der Waals surface area (Å²) in [4.78, 5) is 21.0. The van der Waals surface area contributed by atoms with E-state index in [0.717, 1.165) is 55.4 Å². The number of aromatic amines is 1. The Labute approximate surface area is 157 Å². The average Bonchev–Trinajstić information content (AvgIpc) is 2.65. The maximum atomic E-state index is 13.0. The summed E-state index contributed by atoms with van der Waals surface area (Å²) in [6.45, 7) is 6.09. The highest BCUT2D eigenvalue weighted by molar-refractivity contribution is 7.71. The van der Waals surface area contributed by atoms with Crippen LogP contribution in [0.5, 0.6) is 0 Å². The van der Waals surface area contributed by atoms with Crippen LogP contribution in [0.25, 0.3) is 21.7 Å². The number of hydrogen-bond donors (Lipinski definition) is 1. The molecule has 3 aromatic rings. The Morgan fingerprint density at radius 2 is 1.73 bits per heavy atom. The molecular weight excluding hydrogens is 344 g/mol. The Bertz CT molecular complexity index is 1050. The van der Waals surface area contributed by atoms with Crippen LogP contribution in [0.3, 0.4) is 0 Å². The summed E-state index contributed by atoms with van der Waals surface area (Å²) in [7, 11) is 2.16. The predicted molar refractivity (Wildman–Crippen MR) is 109 cm³/mol. The van der Waals surface area contributed by atoms with Gasteiger partial charge in [-0.2, -0.15) is 0 Å². The van der Waals surface area contributed by atoms with E-state index in [1.807, 2.05) is 36.4 Å². The SMILES string of the molecule is CN1CCN(CCCn2c(=S)[nH]c3cc4ccccc4cc3c2=O)CC1. The minimum Gasteiger partial charge on any atom is -0.332 e. The molecule has 4 rings (SSSR count). The maximum absolute atomic E-state index is 13.0. The van der Waals surface area contributed by atoms with Crippen molar-refractivity contribution in [2.75, 3.05) is 39.8 Å². The molecule has 1 N–H and O–H groups in total. The van der Waals surface area contributed by atoms with Crippen LogP contribution in [-0.4, -0.2) is 59.1 Å². The normalized spacial score (nSPS) is 16.5. The molecule has 0 saturated carbocycles. The third kappa shape index (κ3) is 3.45. The van der Waals surface area contributed by atoms with E-state index in [2.05, 4.69) is 21.8 Å². The number of nitrogens with one attached hydrogen (secondary N) is 1. The van der Waals surface area contributed by atoms with Crippen molar-refractivity contribution in [3.05, 3.63) is 51.5 Å². The van der Waals surface area contributed by atoms with E-state index in [1.165, 1.54) is 0 Å². The van der Waals surface area contributed by atoms with Crippen molar-refractivity contribution in [2.45, 2.75) is 13.0 Å². The highest BCUT2D eigenvalue weighted by Gasteiger charge is 2.13. The second-order valence-electron chi connectivity index (χ2n) is 7.13. The van der Waals surface area contributed by atoms with Gasteiger partial charge in [-0.05, 0) is 55.1 Å². The van der Waals surface area contributed by atoms with Crippen molar-refractivity contribution in [3.8, 4) is 0 Å². The van der Waals surface area contributed by atoms with Gasteiger partial charge < -0.3 is 14.8 Å². The summed E-state index contributed by atoms with van der Waals surface area (Å²) in [6, 6.07) is 12.1. The van der Waals surface area contributed by atoms with E-state index >= 15 is 0 Å². The van der Waals surface area contributed by atoms with Gasteiger partial charge in [0.25, 0.3) is 5.56 Å². The molecule has 0 unspecified atom stereocenters. The molecule has 0 bridgehead atoms. The first-order valence-corrected chi connectivity index (χ1v) is 9.59. The van der Waals surface area contributed by atoms with E-state index in [0.29, 0.717) is 16.7 Å². The van der Waals surface area contributed by atoms with Crippen molar-refractivity contribution < 1.29 is 0 Å². The van der Waals surface area contributed by atoms with Crippen LogP contribution in [0, 0.1) is 4.77 Å². The van der Waals surface area contributed by atoms with Crippen LogP contribution in [0.2, 0.25) is 0 Å². The Morgan fingerprint density at radius 3 is 2.46 bits per heavy atom. The number of aromatic nitrogens is 2. The Kier molecular flexibility index (Phi) is 4.89. The van der Waals surface area contributed by atoms with Gasteiger partial charge in [0, 0.05) is 32.7 Å². The lowest BCUT2D eigenvalue weighted by atomic mass is 10.1. The van der Waals surface area contributed by atoms with Crippen LogP contribution in [0.1, 0.15) is 6.42 Å². The Balaban J connectivity index is 1.58. The van der Waals surface area contributed by atoms with Crippen molar-refractivity contribution in [1.82, 2.24) is 19.4 Å². The lowest BCUT2D eigenvalue weighted by Crippen LogP contribution is -2.44. The highest BCUT2D eigenvalue weighted by atomic mass is 32.1. The minimum atomic E-state index is 0.00730. The fourth-order valence-corrected chi connectivity index (χ4v) is 3.95. The van der Waals surface area contributed by atoms with Crippen molar-refractivity contribution in [3.63, 3.8) is 0 Å². The largest absolute Gasteiger partial charge is 0.332 e. The number of fused-ring (bicyclic) bond motifs is 2. The standard InChI is InChI=1S/C20H24N4OS/c1-22-9-11-23(12-10-22)7-4-8-24-19(25)17-13-15-5-2-3-6-16(15)14-18(17)21-20(24)26/h2-3,5-6,13-14H,4,7-12H2,1H3,(H,21,26). The van der Waals surface area contributed by atoms with Gasteiger partial charge in [-0.1, -0.05) is 24.3 Å². The molecule has 2 heterocycles. The number of piperazine rings is 1. The zero-order valence-corrected chi connectivity index (χ0v) is 15.9. The summed E-state index contributed by atoms with van der Waals surface area (Å²) in [5.41, 5.74) is 0.821. The predicted octanol–water partition coefficient (Wildman–Crippen LogP) is 2.85. The molecule has 1 saturated heterocycles. The van der Waals surface area contributed by atoms with Gasteiger partial charge >= 0.3 is 0 Å². The first-order chi connectivity index (χ1) is 12.6. The quantitative estimate of drug-likeness (QED) is 0.568. The highest BCUT2D eigenvalue weighted by Crippen LogP contribution is 2.19. The third-order valence-electron chi connectivity index (χ3n) is 5.30. The fourth-order valence-electron chi connectivity index (χ4n) is 3.67. The second kappa shape index (κ2) is 7.31.